The van der Waals surface area contributed by atoms with Crippen LogP contribution in [0.15, 0.2) is 54.6 Å². The Kier molecular flexibility index (Phi) is 6.61. The molecule has 0 radical (unpaired) electrons. The zero-order valence-electron chi connectivity index (χ0n) is 19.4. The molecule has 0 aliphatic carbocycles. The monoisotopic (exact) mass is 432 g/mol. The third-order valence-corrected chi connectivity index (χ3v) is 6.03. The van der Waals surface area contributed by atoms with Crippen LogP contribution in [0.25, 0.3) is 11.1 Å². The summed E-state index contributed by atoms with van der Waals surface area (Å²) in [5.41, 5.74) is 5.27. The minimum Gasteiger partial charge on any atom is -0.490 e. The number of hydrogen-bond donors (Lipinski definition) is 0. The third kappa shape index (κ3) is 5.02. The molecule has 0 spiro atoms. The van der Waals surface area contributed by atoms with Gasteiger partial charge in [-0.1, -0.05) is 36.4 Å². The molecule has 1 aliphatic heterocycles. The number of hydrogen-bond acceptors (Lipinski definition) is 4. The second-order valence-corrected chi connectivity index (χ2v) is 8.82. The van der Waals surface area contributed by atoms with E-state index in [0.717, 1.165) is 30.8 Å². The molecule has 1 fully saturated rings. The van der Waals surface area contributed by atoms with Crippen LogP contribution in [0.4, 0.5) is 0 Å². The summed E-state index contributed by atoms with van der Waals surface area (Å²) in [5, 5.41) is 4.32. The zero-order chi connectivity index (χ0) is 22.7. The van der Waals surface area contributed by atoms with Gasteiger partial charge in [0.15, 0.2) is 5.69 Å². The molecule has 3 aromatic rings. The molecule has 6 nitrogen and oxygen atoms in total. The minimum absolute atomic E-state index is 0.00731. The molecule has 168 valence electrons. The number of nitrogens with zero attached hydrogens (tertiary/aromatic N) is 4. The summed E-state index contributed by atoms with van der Waals surface area (Å²) in [6.45, 7) is 4.24. The summed E-state index contributed by atoms with van der Waals surface area (Å²) in [6, 6.07) is 18.7. The van der Waals surface area contributed by atoms with Gasteiger partial charge in [-0.3, -0.25) is 9.48 Å². The van der Waals surface area contributed by atoms with Crippen molar-refractivity contribution in [2.75, 3.05) is 27.2 Å². The summed E-state index contributed by atoms with van der Waals surface area (Å²) < 4.78 is 7.97. The van der Waals surface area contributed by atoms with Gasteiger partial charge in [-0.25, -0.2) is 0 Å². The molecule has 1 aliphatic rings. The number of aromatic nitrogens is 2. The van der Waals surface area contributed by atoms with Gasteiger partial charge in [-0.05, 0) is 55.9 Å². The highest BCUT2D eigenvalue weighted by molar-refractivity contribution is 5.92. The fraction of sp³-hybridized carbons (Fsp3) is 0.385. The molecule has 2 aromatic carbocycles. The summed E-state index contributed by atoms with van der Waals surface area (Å²) in [6.07, 6.45) is 1.77. The van der Waals surface area contributed by atoms with Gasteiger partial charge in [-0.15, -0.1) is 0 Å². The Balaban J connectivity index is 1.35. The van der Waals surface area contributed by atoms with E-state index in [1.165, 1.54) is 16.7 Å². The zero-order valence-corrected chi connectivity index (χ0v) is 19.4. The number of amides is 1. The van der Waals surface area contributed by atoms with E-state index in [9.17, 15) is 4.79 Å². The SMILES string of the molecule is Cc1cc(C(=O)N2CCC(Oc3ccc(-c4ccccc4CN(C)C)cc3)CC2)nn1C. The van der Waals surface area contributed by atoms with Crippen molar-refractivity contribution >= 4 is 5.91 Å². The number of piperidine rings is 1. The van der Waals surface area contributed by atoms with E-state index in [1.807, 2.05) is 24.9 Å². The van der Waals surface area contributed by atoms with E-state index in [1.54, 1.807) is 4.68 Å². The van der Waals surface area contributed by atoms with Gasteiger partial charge in [0.05, 0.1) is 0 Å². The highest BCUT2D eigenvalue weighted by atomic mass is 16.5. The number of likely N-dealkylation sites (tertiary alicyclic amines) is 1. The molecule has 2 heterocycles. The highest BCUT2D eigenvalue weighted by Gasteiger charge is 2.26. The number of aryl methyl sites for hydroxylation is 2. The second-order valence-electron chi connectivity index (χ2n) is 8.82. The molecule has 1 aromatic heterocycles. The number of benzene rings is 2. The van der Waals surface area contributed by atoms with Crippen molar-refractivity contribution in [1.82, 2.24) is 19.6 Å². The first-order chi connectivity index (χ1) is 15.4. The lowest BCUT2D eigenvalue weighted by Crippen LogP contribution is -2.42. The first-order valence-electron chi connectivity index (χ1n) is 11.2. The fourth-order valence-corrected chi connectivity index (χ4v) is 4.19. The molecule has 1 saturated heterocycles. The molecule has 0 saturated carbocycles. The molecule has 0 bridgehead atoms. The van der Waals surface area contributed by atoms with Gasteiger partial charge < -0.3 is 14.5 Å². The maximum atomic E-state index is 12.7. The molecule has 6 heteroatoms. The topological polar surface area (TPSA) is 50.6 Å². The minimum atomic E-state index is 0.00731. The molecular formula is C26H32N4O2. The Morgan fingerprint density at radius 1 is 1.09 bits per heavy atom. The van der Waals surface area contributed by atoms with Crippen LogP contribution in [0, 0.1) is 6.92 Å². The Hall–Kier alpha value is -3.12. The summed E-state index contributed by atoms with van der Waals surface area (Å²) in [5.74, 6) is 0.886. The van der Waals surface area contributed by atoms with Crippen LogP contribution in [-0.2, 0) is 13.6 Å². The van der Waals surface area contributed by atoms with Crippen LogP contribution >= 0.6 is 0 Å². The summed E-state index contributed by atoms with van der Waals surface area (Å²) >= 11 is 0. The lowest BCUT2D eigenvalue weighted by Gasteiger charge is -2.31. The van der Waals surface area contributed by atoms with E-state index in [0.29, 0.717) is 18.8 Å². The van der Waals surface area contributed by atoms with Crippen LogP contribution in [0.2, 0.25) is 0 Å². The van der Waals surface area contributed by atoms with Crippen molar-refractivity contribution in [1.29, 1.82) is 0 Å². The molecule has 4 rings (SSSR count). The van der Waals surface area contributed by atoms with Gasteiger partial charge in [0, 0.05) is 45.2 Å². The second kappa shape index (κ2) is 9.57. The lowest BCUT2D eigenvalue weighted by atomic mass is 9.99. The van der Waals surface area contributed by atoms with Crippen LogP contribution < -0.4 is 4.74 Å². The van der Waals surface area contributed by atoms with E-state index < -0.39 is 0 Å². The van der Waals surface area contributed by atoms with Crippen LogP contribution in [0.3, 0.4) is 0 Å². The van der Waals surface area contributed by atoms with Gasteiger partial charge in [0.25, 0.3) is 5.91 Å². The van der Waals surface area contributed by atoms with Gasteiger partial charge in [-0.2, -0.15) is 5.10 Å². The van der Waals surface area contributed by atoms with Crippen molar-refractivity contribution in [3.8, 4) is 16.9 Å². The maximum Gasteiger partial charge on any atom is 0.274 e. The smallest absolute Gasteiger partial charge is 0.274 e. The van der Waals surface area contributed by atoms with Crippen molar-refractivity contribution in [2.45, 2.75) is 32.4 Å². The summed E-state index contributed by atoms with van der Waals surface area (Å²) in [4.78, 5) is 16.8. The Labute approximate surface area is 190 Å². The fourth-order valence-electron chi connectivity index (χ4n) is 4.19. The molecule has 0 atom stereocenters. The van der Waals surface area contributed by atoms with Crippen molar-refractivity contribution < 1.29 is 9.53 Å². The predicted octanol–water partition coefficient (Wildman–Crippen LogP) is 4.14. The molecule has 0 N–H and O–H groups in total. The highest BCUT2D eigenvalue weighted by Crippen LogP contribution is 2.28. The van der Waals surface area contributed by atoms with E-state index >= 15 is 0 Å². The van der Waals surface area contributed by atoms with Crippen molar-refractivity contribution in [3.05, 3.63) is 71.5 Å². The lowest BCUT2D eigenvalue weighted by molar-refractivity contribution is 0.0589. The normalized spacial score (nSPS) is 14.7. The van der Waals surface area contributed by atoms with Crippen LogP contribution in [0.1, 0.15) is 34.6 Å². The number of ether oxygens (including phenoxy) is 1. The first-order valence-corrected chi connectivity index (χ1v) is 11.2. The van der Waals surface area contributed by atoms with Crippen molar-refractivity contribution in [3.63, 3.8) is 0 Å². The van der Waals surface area contributed by atoms with Crippen LogP contribution in [-0.4, -0.2) is 58.8 Å². The van der Waals surface area contributed by atoms with Crippen LogP contribution in [0.5, 0.6) is 5.75 Å². The average Bonchev–Trinajstić information content (AvgIpc) is 3.13. The van der Waals surface area contributed by atoms with E-state index in [2.05, 4.69) is 72.6 Å². The molecular weight excluding hydrogens is 400 g/mol. The first kappa shape index (κ1) is 22.1. The Morgan fingerprint density at radius 3 is 2.41 bits per heavy atom. The van der Waals surface area contributed by atoms with Crippen molar-refractivity contribution in [2.24, 2.45) is 7.05 Å². The number of carbonyl (C=O) groups is 1. The molecule has 0 unspecified atom stereocenters. The third-order valence-electron chi connectivity index (χ3n) is 6.03. The van der Waals surface area contributed by atoms with Gasteiger partial charge >= 0.3 is 0 Å². The number of carbonyl (C=O) groups excluding carboxylic acids is 1. The average molecular weight is 433 g/mol. The number of rotatable bonds is 6. The summed E-state index contributed by atoms with van der Waals surface area (Å²) in [7, 11) is 6.03. The quantitative estimate of drug-likeness (QED) is 0.587. The Bertz CT molecular complexity index is 1040. The largest absolute Gasteiger partial charge is 0.490 e. The maximum absolute atomic E-state index is 12.7. The van der Waals surface area contributed by atoms with Gasteiger partial charge in [0.1, 0.15) is 11.9 Å². The van der Waals surface area contributed by atoms with E-state index in [-0.39, 0.29) is 12.0 Å². The van der Waals surface area contributed by atoms with E-state index in [4.69, 9.17) is 4.74 Å². The molecule has 1 amide bonds. The predicted molar refractivity (Wildman–Crippen MR) is 127 cm³/mol. The standard InChI is InChI=1S/C26H32N4O2/c1-19-17-25(27-29(19)4)26(31)30-15-13-23(14-16-30)32-22-11-9-20(10-12-22)24-8-6-5-7-21(24)18-28(2)3/h5-12,17,23H,13-16,18H2,1-4H3. The van der Waals surface area contributed by atoms with Gasteiger partial charge in [0.2, 0.25) is 0 Å². The Morgan fingerprint density at radius 2 is 1.78 bits per heavy atom. The molecule has 32 heavy (non-hydrogen) atoms.